The van der Waals surface area contributed by atoms with Gasteiger partial charge in [-0.1, -0.05) is 11.6 Å². The zero-order valence-electron chi connectivity index (χ0n) is 11.7. The van der Waals surface area contributed by atoms with Crippen LogP contribution in [0.15, 0.2) is 28.7 Å². The quantitative estimate of drug-likeness (QED) is 0.845. The van der Waals surface area contributed by atoms with Gasteiger partial charge in [-0.2, -0.15) is 0 Å². The lowest BCUT2D eigenvalue weighted by Crippen LogP contribution is -2.28. The van der Waals surface area contributed by atoms with E-state index in [4.69, 9.17) is 9.15 Å². The zero-order chi connectivity index (χ0) is 14.5. The van der Waals surface area contributed by atoms with Crippen LogP contribution in [-0.2, 0) is 4.74 Å². The molecule has 2 N–H and O–H groups in total. The van der Waals surface area contributed by atoms with Crippen molar-refractivity contribution >= 4 is 16.9 Å². The van der Waals surface area contributed by atoms with Crippen LogP contribution in [0.1, 0.15) is 22.5 Å². The molecular formula is C15H19NO4. The standard InChI is InChI=1S/C15H19NO4/c1-10-3-4-13-11(7-10)8-14(20-13)15(18)16-6-5-12(17)9-19-2/h3-4,7-8,12,17H,5-6,9H2,1-2H3,(H,16,18). The fourth-order valence-corrected chi connectivity index (χ4v) is 1.99. The van der Waals surface area contributed by atoms with Crippen LogP contribution in [0.4, 0.5) is 0 Å². The van der Waals surface area contributed by atoms with E-state index in [0.29, 0.717) is 18.5 Å². The number of aliphatic hydroxyl groups is 1. The summed E-state index contributed by atoms with van der Waals surface area (Å²) >= 11 is 0. The maximum atomic E-state index is 11.9. The molecular weight excluding hydrogens is 258 g/mol. The lowest BCUT2D eigenvalue weighted by Gasteiger charge is -2.09. The summed E-state index contributed by atoms with van der Waals surface area (Å²) in [6.45, 7) is 2.63. The van der Waals surface area contributed by atoms with E-state index < -0.39 is 6.10 Å². The Bertz CT molecular complexity index is 591. The molecule has 0 aliphatic rings. The van der Waals surface area contributed by atoms with Crippen LogP contribution in [0.3, 0.4) is 0 Å². The number of hydrogen-bond acceptors (Lipinski definition) is 4. The van der Waals surface area contributed by atoms with Gasteiger partial charge in [-0.3, -0.25) is 4.79 Å². The molecule has 0 saturated carbocycles. The Labute approximate surface area is 117 Å². The highest BCUT2D eigenvalue weighted by Crippen LogP contribution is 2.20. The Hall–Kier alpha value is -1.85. The molecule has 0 bridgehead atoms. The van der Waals surface area contributed by atoms with Crippen molar-refractivity contribution in [2.45, 2.75) is 19.4 Å². The molecule has 1 aromatic heterocycles. The van der Waals surface area contributed by atoms with E-state index in [1.807, 2.05) is 25.1 Å². The molecule has 20 heavy (non-hydrogen) atoms. The molecule has 1 aromatic carbocycles. The zero-order valence-corrected chi connectivity index (χ0v) is 11.7. The van der Waals surface area contributed by atoms with Crippen molar-refractivity contribution in [3.63, 3.8) is 0 Å². The minimum absolute atomic E-state index is 0.264. The van der Waals surface area contributed by atoms with Crippen LogP contribution in [0.25, 0.3) is 11.0 Å². The fourth-order valence-electron chi connectivity index (χ4n) is 1.99. The van der Waals surface area contributed by atoms with Gasteiger partial charge in [0.05, 0.1) is 12.7 Å². The molecule has 0 aliphatic heterocycles. The van der Waals surface area contributed by atoms with Crippen molar-refractivity contribution in [1.82, 2.24) is 5.32 Å². The van der Waals surface area contributed by atoms with Gasteiger partial charge in [-0.25, -0.2) is 0 Å². The lowest BCUT2D eigenvalue weighted by atomic mass is 10.2. The van der Waals surface area contributed by atoms with Gasteiger partial charge in [-0.15, -0.1) is 0 Å². The SMILES string of the molecule is COCC(O)CCNC(=O)c1cc2cc(C)ccc2o1. The predicted octanol–water partition coefficient (Wildman–Crippen LogP) is 1.87. The van der Waals surface area contributed by atoms with E-state index in [2.05, 4.69) is 5.32 Å². The molecule has 1 heterocycles. The van der Waals surface area contributed by atoms with E-state index in [1.54, 1.807) is 6.07 Å². The molecule has 1 atom stereocenters. The highest BCUT2D eigenvalue weighted by Gasteiger charge is 2.12. The maximum Gasteiger partial charge on any atom is 0.287 e. The van der Waals surface area contributed by atoms with Crippen molar-refractivity contribution < 1.29 is 19.1 Å². The van der Waals surface area contributed by atoms with Gasteiger partial charge in [0.25, 0.3) is 5.91 Å². The highest BCUT2D eigenvalue weighted by molar-refractivity contribution is 5.96. The van der Waals surface area contributed by atoms with Gasteiger partial charge in [-0.05, 0) is 31.5 Å². The number of ether oxygens (including phenoxy) is 1. The summed E-state index contributed by atoms with van der Waals surface area (Å²) in [5.41, 5.74) is 1.81. The minimum atomic E-state index is -0.571. The van der Waals surface area contributed by atoms with E-state index in [1.165, 1.54) is 7.11 Å². The first-order valence-electron chi connectivity index (χ1n) is 6.55. The number of benzene rings is 1. The molecule has 108 valence electrons. The lowest BCUT2D eigenvalue weighted by molar-refractivity contribution is 0.0586. The van der Waals surface area contributed by atoms with Gasteiger partial charge < -0.3 is 19.6 Å². The Kier molecular flexibility index (Phi) is 4.76. The van der Waals surface area contributed by atoms with Crippen LogP contribution in [0, 0.1) is 6.92 Å². The number of nitrogens with one attached hydrogen (secondary N) is 1. The summed E-state index contributed by atoms with van der Waals surface area (Å²) in [6.07, 6.45) is -0.127. The number of fused-ring (bicyclic) bond motifs is 1. The summed E-state index contributed by atoms with van der Waals surface area (Å²) in [7, 11) is 1.53. The number of methoxy groups -OCH3 is 1. The van der Waals surface area contributed by atoms with E-state index in [-0.39, 0.29) is 18.3 Å². The third-order valence-electron chi connectivity index (χ3n) is 3.02. The fraction of sp³-hybridized carbons (Fsp3) is 0.400. The minimum Gasteiger partial charge on any atom is -0.451 e. The molecule has 0 fully saturated rings. The molecule has 1 unspecified atom stereocenters. The Balaban J connectivity index is 1.94. The van der Waals surface area contributed by atoms with Gasteiger partial charge in [0, 0.05) is 19.0 Å². The summed E-state index contributed by atoms with van der Waals surface area (Å²) in [5, 5.41) is 13.1. The first kappa shape index (κ1) is 14.6. The van der Waals surface area contributed by atoms with Gasteiger partial charge in [0.2, 0.25) is 0 Å². The monoisotopic (exact) mass is 277 g/mol. The maximum absolute atomic E-state index is 11.9. The van der Waals surface area contributed by atoms with E-state index in [9.17, 15) is 9.90 Å². The first-order valence-corrected chi connectivity index (χ1v) is 6.55. The average Bonchev–Trinajstić information content (AvgIpc) is 2.82. The Morgan fingerprint density at radius 1 is 1.45 bits per heavy atom. The molecule has 0 saturated heterocycles. The Morgan fingerprint density at radius 3 is 3.00 bits per heavy atom. The third-order valence-corrected chi connectivity index (χ3v) is 3.02. The van der Waals surface area contributed by atoms with Crippen LogP contribution in [-0.4, -0.2) is 37.4 Å². The number of furan rings is 1. The number of carbonyl (C=O) groups is 1. The second kappa shape index (κ2) is 6.54. The van der Waals surface area contributed by atoms with E-state index in [0.717, 1.165) is 10.9 Å². The van der Waals surface area contributed by atoms with Gasteiger partial charge in [0.1, 0.15) is 5.58 Å². The Morgan fingerprint density at radius 2 is 2.25 bits per heavy atom. The highest BCUT2D eigenvalue weighted by atomic mass is 16.5. The van der Waals surface area contributed by atoms with Crippen molar-refractivity contribution in [2.24, 2.45) is 0 Å². The van der Waals surface area contributed by atoms with Crippen LogP contribution >= 0.6 is 0 Å². The van der Waals surface area contributed by atoms with Gasteiger partial charge in [0.15, 0.2) is 5.76 Å². The molecule has 5 heteroatoms. The number of amides is 1. The van der Waals surface area contributed by atoms with Crippen molar-refractivity contribution in [2.75, 3.05) is 20.3 Å². The molecule has 2 aromatic rings. The summed E-state index contributed by atoms with van der Waals surface area (Å²) in [5.74, 6) is 0.00954. The average molecular weight is 277 g/mol. The van der Waals surface area contributed by atoms with Crippen molar-refractivity contribution in [3.8, 4) is 0 Å². The molecule has 0 aliphatic carbocycles. The van der Waals surface area contributed by atoms with Crippen LogP contribution < -0.4 is 5.32 Å². The number of rotatable bonds is 6. The van der Waals surface area contributed by atoms with E-state index >= 15 is 0 Å². The summed E-state index contributed by atoms with van der Waals surface area (Å²) in [6, 6.07) is 7.49. The van der Waals surface area contributed by atoms with Gasteiger partial charge >= 0.3 is 0 Å². The van der Waals surface area contributed by atoms with Crippen LogP contribution in [0.2, 0.25) is 0 Å². The van der Waals surface area contributed by atoms with Crippen molar-refractivity contribution in [3.05, 3.63) is 35.6 Å². The molecule has 2 rings (SSSR count). The van der Waals surface area contributed by atoms with Crippen LogP contribution in [0.5, 0.6) is 0 Å². The second-order valence-electron chi connectivity index (χ2n) is 4.81. The third kappa shape index (κ3) is 3.59. The first-order chi connectivity index (χ1) is 9.60. The number of aryl methyl sites for hydroxylation is 1. The summed E-state index contributed by atoms with van der Waals surface area (Å²) in [4.78, 5) is 11.9. The molecule has 0 radical (unpaired) electrons. The second-order valence-corrected chi connectivity index (χ2v) is 4.81. The topological polar surface area (TPSA) is 71.7 Å². The normalized spacial score (nSPS) is 12.6. The smallest absolute Gasteiger partial charge is 0.287 e. The molecule has 5 nitrogen and oxygen atoms in total. The molecule has 1 amide bonds. The molecule has 0 spiro atoms. The predicted molar refractivity (Wildman–Crippen MR) is 75.8 cm³/mol. The summed E-state index contributed by atoms with van der Waals surface area (Å²) < 4.78 is 10.3. The number of hydrogen-bond donors (Lipinski definition) is 2. The number of carbonyl (C=O) groups excluding carboxylic acids is 1. The van der Waals surface area contributed by atoms with Crippen molar-refractivity contribution in [1.29, 1.82) is 0 Å². The number of aliphatic hydroxyl groups excluding tert-OH is 1. The largest absolute Gasteiger partial charge is 0.451 e.